The highest BCUT2D eigenvalue weighted by Crippen LogP contribution is 2.35. The zero-order valence-corrected chi connectivity index (χ0v) is 21.0. The van der Waals surface area contributed by atoms with Gasteiger partial charge in [0.05, 0.1) is 19.3 Å². The second kappa shape index (κ2) is 10.7. The molecule has 0 spiro atoms. The Hall–Kier alpha value is -3.83. The summed E-state index contributed by atoms with van der Waals surface area (Å²) in [5.74, 6) is -1.22. The monoisotopic (exact) mass is 521 g/mol. The molecule has 3 aliphatic rings. The number of rotatable bonds is 6. The van der Waals surface area contributed by atoms with Crippen LogP contribution >= 0.6 is 11.9 Å². The predicted octanol–water partition coefficient (Wildman–Crippen LogP) is 1.55. The molecule has 192 valence electrons. The van der Waals surface area contributed by atoms with Gasteiger partial charge in [0, 0.05) is 41.7 Å². The van der Waals surface area contributed by atoms with Gasteiger partial charge in [-0.15, -0.1) is 0 Å². The molecule has 2 aromatic rings. The number of nitrogens with one attached hydrogen (secondary N) is 4. The normalized spacial score (nSPS) is 19.6. The van der Waals surface area contributed by atoms with Gasteiger partial charge in [-0.05, 0) is 47.7 Å². The number of aryl methyl sites for hydroxylation is 1. The van der Waals surface area contributed by atoms with Crippen LogP contribution in [0.2, 0.25) is 0 Å². The predicted molar refractivity (Wildman–Crippen MR) is 137 cm³/mol. The molecule has 3 aliphatic heterocycles. The van der Waals surface area contributed by atoms with Crippen LogP contribution in [-0.2, 0) is 14.3 Å². The first-order chi connectivity index (χ1) is 17.9. The summed E-state index contributed by atoms with van der Waals surface area (Å²) in [6, 6.07) is 11.0. The molecule has 0 radical (unpaired) electrons. The van der Waals surface area contributed by atoms with E-state index in [1.54, 1.807) is 22.9 Å². The number of carbonyl (C=O) groups is 4. The van der Waals surface area contributed by atoms with E-state index in [9.17, 15) is 19.2 Å². The average Bonchev–Trinajstić information content (AvgIpc) is 3.25. The Kier molecular flexibility index (Phi) is 7.15. The van der Waals surface area contributed by atoms with Gasteiger partial charge in [0.25, 0.3) is 11.8 Å². The molecule has 37 heavy (non-hydrogen) atoms. The molecule has 3 heterocycles. The third-order valence-corrected chi connectivity index (χ3v) is 7.43. The number of nitrogens with zero attached hydrogens (tertiary/aromatic N) is 1. The second-order valence-corrected chi connectivity index (χ2v) is 9.90. The van der Waals surface area contributed by atoms with Crippen LogP contribution in [0.5, 0.6) is 0 Å². The highest BCUT2D eigenvalue weighted by atomic mass is 32.2. The molecule has 2 saturated heterocycles. The molecule has 2 atom stereocenters. The maximum atomic E-state index is 13.3. The minimum atomic E-state index is -1.05. The number of ether oxygens (including phenoxy) is 1. The number of hydrogen-bond acceptors (Lipinski definition) is 7. The molecule has 2 fully saturated rings. The van der Waals surface area contributed by atoms with Crippen LogP contribution in [0.15, 0.2) is 53.6 Å². The Balaban J connectivity index is 1.35. The number of hydrogen-bond donors (Lipinski definition) is 4. The van der Waals surface area contributed by atoms with Gasteiger partial charge in [-0.2, -0.15) is 0 Å². The molecule has 2 aromatic carbocycles. The summed E-state index contributed by atoms with van der Waals surface area (Å²) in [7, 11) is 0. The van der Waals surface area contributed by atoms with Crippen molar-refractivity contribution < 1.29 is 23.9 Å². The first kappa shape index (κ1) is 24.8. The minimum absolute atomic E-state index is 0.131. The number of benzene rings is 2. The van der Waals surface area contributed by atoms with E-state index in [-0.39, 0.29) is 12.3 Å². The van der Waals surface area contributed by atoms with Crippen LogP contribution in [-0.4, -0.2) is 67.0 Å². The van der Waals surface area contributed by atoms with Crippen LogP contribution in [0.25, 0.3) is 5.57 Å². The van der Waals surface area contributed by atoms with E-state index in [2.05, 4.69) is 26.7 Å². The van der Waals surface area contributed by atoms with Crippen molar-refractivity contribution in [3.63, 3.8) is 0 Å². The van der Waals surface area contributed by atoms with Crippen molar-refractivity contribution >= 4 is 41.3 Å². The second-order valence-electron chi connectivity index (χ2n) is 9.02. The van der Waals surface area contributed by atoms with Crippen LogP contribution < -0.4 is 20.7 Å². The van der Waals surface area contributed by atoms with Crippen molar-refractivity contribution in [1.82, 2.24) is 25.6 Å². The first-order valence-corrected chi connectivity index (χ1v) is 12.8. The summed E-state index contributed by atoms with van der Waals surface area (Å²) in [5.41, 5.74) is 4.24. The fourth-order valence-electron chi connectivity index (χ4n) is 4.68. The molecule has 0 aliphatic carbocycles. The van der Waals surface area contributed by atoms with E-state index in [1.807, 2.05) is 43.5 Å². The lowest BCUT2D eigenvalue weighted by molar-refractivity contribution is -0.136. The lowest BCUT2D eigenvalue weighted by atomic mass is 9.94. The SMILES string of the molecule is Cc1cc(C2=CNSc3ccccc32)ccc1C(=O)NC(CC(=O)N1CCOCC1)C1NC(=O)NC1=O. The smallest absolute Gasteiger partial charge is 0.322 e. The van der Waals surface area contributed by atoms with E-state index < -0.39 is 29.9 Å². The number of imide groups is 1. The number of urea groups is 1. The van der Waals surface area contributed by atoms with Crippen molar-refractivity contribution in [3.8, 4) is 0 Å². The number of amides is 5. The van der Waals surface area contributed by atoms with E-state index >= 15 is 0 Å². The van der Waals surface area contributed by atoms with Gasteiger partial charge in [0.15, 0.2) is 0 Å². The largest absolute Gasteiger partial charge is 0.378 e. The Morgan fingerprint density at radius 2 is 1.95 bits per heavy atom. The van der Waals surface area contributed by atoms with E-state index in [0.29, 0.717) is 31.9 Å². The molecule has 0 saturated carbocycles. The van der Waals surface area contributed by atoms with Gasteiger partial charge in [-0.1, -0.05) is 30.3 Å². The molecular weight excluding hydrogens is 494 g/mol. The number of carbonyl (C=O) groups excluding carboxylic acids is 4. The van der Waals surface area contributed by atoms with Gasteiger partial charge >= 0.3 is 6.03 Å². The van der Waals surface area contributed by atoms with Crippen LogP contribution in [0.3, 0.4) is 0 Å². The lowest BCUT2D eigenvalue weighted by Gasteiger charge is -2.30. The summed E-state index contributed by atoms with van der Waals surface area (Å²) >= 11 is 1.54. The zero-order valence-electron chi connectivity index (χ0n) is 20.2. The van der Waals surface area contributed by atoms with E-state index in [1.165, 1.54) is 0 Å². The number of fused-ring (bicyclic) bond motifs is 1. The Bertz CT molecular complexity index is 1290. The van der Waals surface area contributed by atoms with Crippen molar-refractivity contribution in [2.75, 3.05) is 26.3 Å². The highest BCUT2D eigenvalue weighted by molar-refractivity contribution is 7.97. The standard InChI is InChI=1S/C26H27N5O5S/c1-15-12-16(19-14-27-37-21-5-3-2-4-18(19)21)6-7-17(15)24(33)28-20(23-25(34)30-26(35)29-23)13-22(32)31-8-10-36-11-9-31/h2-7,12,14,20,23,27H,8-11,13H2,1H3,(H,28,33)(H2,29,30,34,35). The Morgan fingerprint density at radius 3 is 2.68 bits per heavy atom. The summed E-state index contributed by atoms with van der Waals surface area (Å²) in [4.78, 5) is 53.2. The fraction of sp³-hybridized carbons (Fsp3) is 0.308. The lowest BCUT2D eigenvalue weighted by Crippen LogP contribution is -2.54. The van der Waals surface area contributed by atoms with E-state index in [4.69, 9.17) is 4.74 Å². The molecule has 10 nitrogen and oxygen atoms in total. The van der Waals surface area contributed by atoms with Gasteiger partial charge in [0.2, 0.25) is 5.91 Å². The topological polar surface area (TPSA) is 129 Å². The molecule has 5 rings (SSSR count). The summed E-state index contributed by atoms with van der Waals surface area (Å²) < 4.78 is 8.52. The molecule has 11 heteroatoms. The maximum Gasteiger partial charge on any atom is 0.322 e. The van der Waals surface area contributed by atoms with Crippen molar-refractivity contribution in [2.45, 2.75) is 30.3 Å². The van der Waals surface area contributed by atoms with Crippen LogP contribution in [0.1, 0.15) is 33.5 Å². The highest BCUT2D eigenvalue weighted by Gasteiger charge is 2.39. The molecule has 5 amide bonds. The first-order valence-electron chi connectivity index (χ1n) is 12.0. The minimum Gasteiger partial charge on any atom is -0.378 e. The molecule has 2 unspecified atom stereocenters. The zero-order chi connectivity index (χ0) is 25.9. The Labute approximate surface area is 218 Å². The molecule has 0 aromatic heterocycles. The summed E-state index contributed by atoms with van der Waals surface area (Å²) in [6.07, 6.45) is 1.81. The average molecular weight is 522 g/mol. The van der Waals surface area contributed by atoms with Crippen LogP contribution in [0, 0.1) is 6.92 Å². The van der Waals surface area contributed by atoms with Gasteiger partial charge in [0.1, 0.15) is 6.04 Å². The molecule has 4 N–H and O–H groups in total. The third-order valence-electron chi connectivity index (χ3n) is 6.61. The van der Waals surface area contributed by atoms with Gasteiger partial charge in [-0.3, -0.25) is 19.7 Å². The van der Waals surface area contributed by atoms with Crippen molar-refractivity contribution in [2.24, 2.45) is 0 Å². The van der Waals surface area contributed by atoms with Gasteiger partial charge in [-0.25, -0.2) is 4.79 Å². The maximum absolute atomic E-state index is 13.3. The molecular formula is C26H27N5O5S. The fourth-order valence-corrected chi connectivity index (χ4v) is 5.42. The van der Waals surface area contributed by atoms with E-state index in [0.717, 1.165) is 27.2 Å². The van der Waals surface area contributed by atoms with Gasteiger partial charge < -0.3 is 25.0 Å². The summed E-state index contributed by atoms with van der Waals surface area (Å²) in [6.45, 7) is 3.59. The Morgan fingerprint density at radius 1 is 1.16 bits per heavy atom. The van der Waals surface area contributed by atoms with Crippen molar-refractivity contribution in [3.05, 3.63) is 70.9 Å². The number of morpholine rings is 1. The molecule has 0 bridgehead atoms. The third kappa shape index (κ3) is 5.32. The quantitative estimate of drug-likeness (QED) is 0.335. The van der Waals surface area contributed by atoms with Crippen molar-refractivity contribution in [1.29, 1.82) is 0 Å². The van der Waals surface area contributed by atoms with Crippen LogP contribution in [0.4, 0.5) is 4.79 Å². The summed E-state index contributed by atoms with van der Waals surface area (Å²) in [5, 5.41) is 7.52.